The molecule has 0 aliphatic heterocycles. The number of amides is 2. The molecule has 0 saturated carbocycles. The minimum absolute atomic E-state index is 0.165. The van der Waals surface area contributed by atoms with Gasteiger partial charge in [0, 0.05) is 16.6 Å². The maximum absolute atomic E-state index is 12.9. The van der Waals surface area contributed by atoms with Crippen molar-refractivity contribution in [2.75, 3.05) is 44.8 Å². The molecule has 9 heteroatoms. The lowest BCUT2D eigenvalue weighted by molar-refractivity contribution is -0.113. The van der Waals surface area contributed by atoms with E-state index in [2.05, 4.69) is 10.6 Å². The largest absolute Gasteiger partial charge is 0.497 e. The highest BCUT2D eigenvalue weighted by Crippen LogP contribution is 2.31. The second kappa shape index (κ2) is 11.9. The molecule has 0 atom stereocenters. The van der Waals surface area contributed by atoms with Crippen molar-refractivity contribution < 1.29 is 28.5 Å². The maximum atomic E-state index is 12.9. The number of methoxy groups -OCH3 is 4. The molecule has 3 aromatic carbocycles. The molecule has 2 amide bonds. The molecular weight excluding hydrogens is 456 g/mol. The average molecular weight is 483 g/mol. The predicted octanol–water partition coefficient (Wildman–Crippen LogP) is 4.70. The summed E-state index contributed by atoms with van der Waals surface area (Å²) < 4.78 is 21.1. The van der Waals surface area contributed by atoms with E-state index in [-0.39, 0.29) is 17.6 Å². The molecule has 0 heterocycles. The fourth-order valence-electron chi connectivity index (χ4n) is 3.18. The molecule has 0 bridgehead atoms. The van der Waals surface area contributed by atoms with Crippen LogP contribution in [0.25, 0.3) is 0 Å². The Morgan fingerprint density at radius 2 is 1.44 bits per heavy atom. The Morgan fingerprint density at radius 3 is 2.09 bits per heavy atom. The van der Waals surface area contributed by atoms with Crippen molar-refractivity contribution in [1.82, 2.24) is 0 Å². The van der Waals surface area contributed by atoms with Crippen LogP contribution in [0.1, 0.15) is 10.4 Å². The molecule has 2 N–H and O–H groups in total. The smallest absolute Gasteiger partial charge is 0.263 e. The van der Waals surface area contributed by atoms with Crippen LogP contribution in [0, 0.1) is 0 Å². The Balaban J connectivity index is 1.66. The van der Waals surface area contributed by atoms with Crippen molar-refractivity contribution >= 4 is 35.0 Å². The zero-order valence-electron chi connectivity index (χ0n) is 19.3. The van der Waals surface area contributed by atoms with Crippen molar-refractivity contribution in [3.63, 3.8) is 0 Å². The third kappa shape index (κ3) is 6.14. The summed E-state index contributed by atoms with van der Waals surface area (Å²) in [6, 6.07) is 17.5. The summed E-state index contributed by atoms with van der Waals surface area (Å²) in [5.74, 6) is 1.57. The lowest BCUT2D eigenvalue weighted by atomic mass is 10.1. The maximum Gasteiger partial charge on any atom is 0.263 e. The monoisotopic (exact) mass is 482 g/mol. The van der Waals surface area contributed by atoms with Crippen molar-refractivity contribution in [3.05, 3.63) is 66.2 Å². The third-order valence-electron chi connectivity index (χ3n) is 4.80. The summed E-state index contributed by atoms with van der Waals surface area (Å²) in [6.07, 6.45) is 0. The minimum atomic E-state index is -0.362. The van der Waals surface area contributed by atoms with Gasteiger partial charge < -0.3 is 29.6 Å². The van der Waals surface area contributed by atoms with Gasteiger partial charge in [0.15, 0.2) is 0 Å². The second-order valence-electron chi connectivity index (χ2n) is 6.92. The van der Waals surface area contributed by atoms with Crippen molar-refractivity contribution in [3.8, 4) is 23.0 Å². The molecule has 0 saturated heterocycles. The fraction of sp³-hybridized carbons (Fsp3) is 0.200. The van der Waals surface area contributed by atoms with Crippen molar-refractivity contribution in [2.24, 2.45) is 0 Å². The van der Waals surface area contributed by atoms with E-state index < -0.39 is 0 Å². The van der Waals surface area contributed by atoms with Gasteiger partial charge in [0.1, 0.15) is 28.6 Å². The third-order valence-corrected chi connectivity index (χ3v) is 5.79. The molecule has 0 radical (unpaired) electrons. The first-order valence-electron chi connectivity index (χ1n) is 10.3. The molecule has 0 unspecified atom stereocenters. The van der Waals surface area contributed by atoms with E-state index in [1.807, 2.05) is 6.07 Å². The first kappa shape index (κ1) is 24.8. The van der Waals surface area contributed by atoms with Gasteiger partial charge in [-0.1, -0.05) is 12.1 Å². The van der Waals surface area contributed by atoms with Gasteiger partial charge in [0.05, 0.1) is 39.9 Å². The van der Waals surface area contributed by atoms with Gasteiger partial charge in [-0.3, -0.25) is 9.59 Å². The van der Waals surface area contributed by atoms with Gasteiger partial charge in [0.25, 0.3) is 5.91 Å². The van der Waals surface area contributed by atoms with Gasteiger partial charge >= 0.3 is 0 Å². The van der Waals surface area contributed by atoms with Crippen LogP contribution in [0.4, 0.5) is 11.4 Å². The SMILES string of the molecule is COc1ccc(OC)c(NC(=O)CSc2cccc(NC(=O)c3c(OC)cccc3OC)c2)c1. The highest BCUT2D eigenvalue weighted by atomic mass is 32.2. The summed E-state index contributed by atoms with van der Waals surface area (Å²) in [4.78, 5) is 26.2. The lowest BCUT2D eigenvalue weighted by Crippen LogP contribution is -2.15. The van der Waals surface area contributed by atoms with Crippen LogP contribution in [-0.2, 0) is 4.79 Å². The van der Waals surface area contributed by atoms with E-state index in [9.17, 15) is 9.59 Å². The molecule has 0 spiro atoms. The Kier molecular flexibility index (Phi) is 8.64. The number of anilines is 2. The summed E-state index contributed by atoms with van der Waals surface area (Å²) in [6.45, 7) is 0. The van der Waals surface area contributed by atoms with Gasteiger partial charge in [-0.05, 0) is 42.5 Å². The number of nitrogens with one attached hydrogen (secondary N) is 2. The highest BCUT2D eigenvalue weighted by molar-refractivity contribution is 8.00. The van der Waals surface area contributed by atoms with Gasteiger partial charge in [-0.25, -0.2) is 0 Å². The number of ether oxygens (including phenoxy) is 4. The molecule has 8 nitrogen and oxygen atoms in total. The molecule has 0 aromatic heterocycles. The molecule has 3 aromatic rings. The van der Waals surface area contributed by atoms with Crippen LogP contribution in [0.2, 0.25) is 0 Å². The topological polar surface area (TPSA) is 95.1 Å². The highest BCUT2D eigenvalue weighted by Gasteiger charge is 2.18. The summed E-state index contributed by atoms with van der Waals surface area (Å²) in [5, 5.41) is 5.70. The average Bonchev–Trinajstić information content (AvgIpc) is 2.87. The Labute approximate surface area is 202 Å². The van der Waals surface area contributed by atoms with E-state index in [0.717, 1.165) is 4.90 Å². The van der Waals surface area contributed by atoms with E-state index in [0.29, 0.717) is 39.9 Å². The summed E-state index contributed by atoms with van der Waals surface area (Å²) >= 11 is 1.34. The molecular formula is C25H26N2O6S. The van der Waals surface area contributed by atoms with Crippen LogP contribution in [0.3, 0.4) is 0 Å². The number of benzene rings is 3. The summed E-state index contributed by atoms with van der Waals surface area (Å²) in [5.41, 5.74) is 1.41. The Bertz CT molecular complexity index is 1150. The van der Waals surface area contributed by atoms with E-state index >= 15 is 0 Å². The zero-order chi connectivity index (χ0) is 24.5. The Hall–Kier alpha value is -3.85. The number of thioether (sulfide) groups is 1. The summed E-state index contributed by atoms with van der Waals surface area (Å²) in [7, 11) is 6.08. The number of rotatable bonds is 10. The number of carbonyl (C=O) groups is 2. The van der Waals surface area contributed by atoms with Gasteiger partial charge in [-0.2, -0.15) is 0 Å². The minimum Gasteiger partial charge on any atom is -0.497 e. The quantitative estimate of drug-likeness (QED) is 0.404. The standard InChI is InChI=1S/C25H26N2O6S/c1-30-17-11-12-20(31-2)19(14-17)27-23(28)15-34-18-8-5-7-16(13-18)26-25(29)24-21(32-3)9-6-10-22(24)33-4/h5-14H,15H2,1-4H3,(H,26,29)(H,27,28). The molecule has 0 aliphatic rings. The normalized spacial score (nSPS) is 10.2. The van der Waals surface area contributed by atoms with Gasteiger partial charge in [0.2, 0.25) is 5.91 Å². The van der Waals surface area contributed by atoms with E-state index in [1.165, 1.54) is 33.1 Å². The van der Waals surface area contributed by atoms with Crippen LogP contribution < -0.4 is 29.6 Å². The van der Waals surface area contributed by atoms with Crippen LogP contribution in [0.15, 0.2) is 65.6 Å². The van der Waals surface area contributed by atoms with Crippen molar-refractivity contribution in [2.45, 2.75) is 4.90 Å². The van der Waals surface area contributed by atoms with E-state index in [1.54, 1.807) is 61.7 Å². The number of hydrogen-bond acceptors (Lipinski definition) is 7. The second-order valence-corrected chi connectivity index (χ2v) is 7.97. The molecule has 34 heavy (non-hydrogen) atoms. The molecule has 0 aliphatic carbocycles. The molecule has 0 fully saturated rings. The number of carbonyl (C=O) groups excluding carboxylic acids is 2. The number of hydrogen-bond donors (Lipinski definition) is 2. The Morgan fingerprint density at radius 1 is 0.765 bits per heavy atom. The first-order valence-corrected chi connectivity index (χ1v) is 11.2. The van der Waals surface area contributed by atoms with Crippen LogP contribution in [-0.4, -0.2) is 46.0 Å². The van der Waals surface area contributed by atoms with Crippen LogP contribution >= 0.6 is 11.8 Å². The molecule has 3 rings (SSSR count). The fourth-order valence-corrected chi connectivity index (χ4v) is 3.93. The van der Waals surface area contributed by atoms with Crippen LogP contribution in [0.5, 0.6) is 23.0 Å². The molecule has 178 valence electrons. The van der Waals surface area contributed by atoms with Gasteiger partial charge in [-0.15, -0.1) is 11.8 Å². The first-order chi connectivity index (χ1) is 16.5. The predicted molar refractivity (Wildman–Crippen MR) is 133 cm³/mol. The zero-order valence-corrected chi connectivity index (χ0v) is 20.2. The van der Waals surface area contributed by atoms with E-state index in [4.69, 9.17) is 18.9 Å². The van der Waals surface area contributed by atoms with Crippen molar-refractivity contribution in [1.29, 1.82) is 0 Å². The lowest BCUT2D eigenvalue weighted by Gasteiger charge is -2.13.